The molecule has 1 aromatic heterocycles. The number of aromatic nitrogens is 1. The third-order valence-electron chi connectivity index (χ3n) is 7.90. The van der Waals surface area contributed by atoms with E-state index in [1.807, 2.05) is 29.3 Å². The number of amides is 1. The van der Waals surface area contributed by atoms with Crippen molar-refractivity contribution in [3.05, 3.63) is 92.9 Å². The third-order valence-corrected chi connectivity index (χ3v) is 8.91. The zero-order valence-corrected chi connectivity index (χ0v) is 21.0. The highest BCUT2D eigenvalue weighted by atomic mass is 32.2. The van der Waals surface area contributed by atoms with Crippen LogP contribution in [0.1, 0.15) is 39.3 Å². The Balaban J connectivity index is 1.56. The van der Waals surface area contributed by atoms with Crippen LogP contribution in [0.2, 0.25) is 0 Å². The highest BCUT2D eigenvalue weighted by Gasteiger charge is 2.47. The third kappa shape index (κ3) is 3.24. The van der Waals surface area contributed by atoms with Crippen LogP contribution in [0.25, 0.3) is 0 Å². The Morgan fingerprint density at radius 3 is 2.71 bits per heavy atom. The van der Waals surface area contributed by atoms with E-state index in [1.54, 1.807) is 22.7 Å². The first kappa shape index (κ1) is 23.5. The number of carbonyl (C=O) groups is 1. The summed E-state index contributed by atoms with van der Waals surface area (Å²) in [6.07, 6.45) is 1.02. The van der Waals surface area contributed by atoms with E-state index >= 15 is 4.39 Å². The van der Waals surface area contributed by atoms with Gasteiger partial charge in [0.25, 0.3) is 5.91 Å². The van der Waals surface area contributed by atoms with Crippen molar-refractivity contribution in [1.29, 1.82) is 0 Å². The van der Waals surface area contributed by atoms with E-state index in [9.17, 15) is 19.1 Å². The van der Waals surface area contributed by atoms with Gasteiger partial charge in [-0.1, -0.05) is 24.3 Å². The largest absolute Gasteiger partial charge is 0.502 e. The van der Waals surface area contributed by atoms with Gasteiger partial charge in [-0.3, -0.25) is 19.3 Å². The SMILES string of the molecule is O=C1c2c(O)c(=O)ccn2N([C@@H]2c3ccccc3N3CCOCC3c3c2ccc(F)c3F)[C@@H]2CSCCN12. The highest BCUT2D eigenvalue weighted by molar-refractivity contribution is 7.99. The Morgan fingerprint density at radius 1 is 1.00 bits per heavy atom. The summed E-state index contributed by atoms with van der Waals surface area (Å²) < 4.78 is 37.8. The van der Waals surface area contributed by atoms with E-state index in [2.05, 4.69) is 4.90 Å². The number of fused-ring (bicyclic) bond motifs is 7. The molecule has 3 aromatic rings. The fraction of sp³-hybridized carbons (Fsp3) is 0.333. The maximum absolute atomic E-state index is 15.8. The first-order valence-electron chi connectivity index (χ1n) is 12.5. The predicted octanol–water partition coefficient (Wildman–Crippen LogP) is 2.98. The lowest BCUT2D eigenvalue weighted by molar-refractivity contribution is 0.0588. The molecule has 4 aliphatic rings. The quantitative estimate of drug-likeness (QED) is 0.511. The zero-order valence-electron chi connectivity index (χ0n) is 20.2. The lowest BCUT2D eigenvalue weighted by atomic mass is 9.91. The van der Waals surface area contributed by atoms with Gasteiger partial charge in [0.2, 0.25) is 5.43 Å². The van der Waals surface area contributed by atoms with Crippen molar-refractivity contribution in [2.24, 2.45) is 0 Å². The van der Waals surface area contributed by atoms with Crippen LogP contribution < -0.4 is 15.3 Å². The molecule has 196 valence electrons. The van der Waals surface area contributed by atoms with Crippen molar-refractivity contribution in [1.82, 2.24) is 9.58 Å². The van der Waals surface area contributed by atoms with Gasteiger partial charge in [-0.15, -0.1) is 0 Å². The van der Waals surface area contributed by atoms with E-state index in [4.69, 9.17) is 4.74 Å². The van der Waals surface area contributed by atoms with Gasteiger partial charge in [0, 0.05) is 53.7 Å². The number of halogens is 2. The average molecular weight is 539 g/mol. The van der Waals surface area contributed by atoms with Gasteiger partial charge >= 0.3 is 0 Å². The predicted molar refractivity (Wildman–Crippen MR) is 138 cm³/mol. The fourth-order valence-corrected chi connectivity index (χ4v) is 7.29. The summed E-state index contributed by atoms with van der Waals surface area (Å²) in [5.41, 5.74) is 1.68. The van der Waals surface area contributed by atoms with E-state index < -0.39 is 47.0 Å². The number of nitrogens with zero attached hydrogens (tertiary/aromatic N) is 4. The van der Waals surface area contributed by atoms with Crippen LogP contribution in [-0.4, -0.2) is 64.6 Å². The molecular formula is C27H24F2N4O4S. The summed E-state index contributed by atoms with van der Waals surface area (Å²) in [4.78, 5) is 29.7. The van der Waals surface area contributed by atoms with E-state index in [0.717, 1.165) is 17.3 Å². The number of carbonyl (C=O) groups excluding carboxylic acids is 1. The first-order valence-corrected chi connectivity index (χ1v) is 13.7. The average Bonchev–Trinajstić information content (AvgIpc) is 3.06. The summed E-state index contributed by atoms with van der Waals surface area (Å²) >= 11 is 1.69. The first-order chi connectivity index (χ1) is 18.5. The second-order valence-corrected chi connectivity index (χ2v) is 10.9. The number of anilines is 1. The molecule has 1 amide bonds. The molecule has 1 N–H and O–H groups in total. The standard InChI is InChI=1S/C27H24F2N4O4S/c28-17-6-5-16-22(23(17)29)19-13-37-11-9-30(19)18-4-2-1-3-15(18)24(16)33-21-14-38-12-10-31(21)27(36)25-26(35)20(34)7-8-32(25)33/h1-8,19,21,24,35H,9-14H2/t19?,21-,24-/m1/s1. The molecule has 7 rings (SSSR count). The van der Waals surface area contributed by atoms with Crippen LogP contribution in [0.15, 0.2) is 53.5 Å². The number of hydrogen-bond acceptors (Lipinski definition) is 7. The van der Waals surface area contributed by atoms with Crippen LogP contribution in [0.4, 0.5) is 14.5 Å². The van der Waals surface area contributed by atoms with Crippen LogP contribution in [-0.2, 0) is 4.74 Å². The van der Waals surface area contributed by atoms with Gasteiger partial charge in [-0.25, -0.2) is 8.78 Å². The summed E-state index contributed by atoms with van der Waals surface area (Å²) in [5, 5.41) is 12.7. The van der Waals surface area contributed by atoms with Gasteiger partial charge in [-0.05, 0) is 17.7 Å². The molecule has 0 bridgehead atoms. The van der Waals surface area contributed by atoms with Crippen molar-refractivity contribution in [2.75, 3.05) is 47.7 Å². The smallest absolute Gasteiger partial charge is 0.278 e. The molecule has 0 saturated carbocycles. The van der Waals surface area contributed by atoms with Gasteiger partial charge in [0.15, 0.2) is 23.1 Å². The van der Waals surface area contributed by atoms with Crippen LogP contribution in [0, 0.1) is 11.6 Å². The Labute approximate surface area is 221 Å². The molecule has 11 heteroatoms. The number of benzene rings is 2. The molecule has 3 atom stereocenters. The van der Waals surface area contributed by atoms with Crippen molar-refractivity contribution in [2.45, 2.75) is 18.2 Å². The summed E-state index contributed by atoms with van der Waals surface area (Å²) in [6.45, 7) is 1.57. The minimum absolute atomic E-state index is 0.132. The maximum Gasteiger partial charge on any atom is 0.278 e. The van der Waals surface area contributed by atoms with E-state index in [-0.39, 0.29) is 17.9 Å². The molecule has 4 aliphatic heterocycles. The number of ether oxygens (including phenoxy) is 1. The normalized spacial score (nSPS) is 24.1. The van der Waals surface area contributed by atoms with E-state index in [0.29, 0.717) is 36.8 Å². The summed E-state index contributed by atoms with van der Waals surface area (Å²) in [6, 6.07) is 10.5. The van der Waals surface area contributed by atoms with Crippen LogP contribution >= 0.6 is 11.8 Å². The molecule has 2 fully saturated rings. The molecule has 2 saturated heterocycles. The van der Waals surface area contributed by atoms with Gasteiger partial charge in [0.05, 0.1) is 19.3 Å². The van der Waals surface area contributed by atoms with Crippen molar-refractivity contribution in [3.63, 3.8) is 0 Å². The molecule has 8 nitrogen and oxygen atoms in total. The number of thioether (sulfide) groups is 1. The van der Waals surface area contributed by atoms with Gasteiger partial charge < -0.3 is 19.6 Å². The Bertz CT molecular complexity index is 1530. The van der Waals surface area contributed by atoms with Crippen LogP contribution in [0.5, 0.6) is 5.75 Å². The van der Waals surface area contributed by atoms with Crippen molar-refractivity contribution < 1.29 is 23.4 Å². The second kappa shape index (κ2) is 8.74. The summed E-state index contributed by atoms with van der Waals surface area (Å²) in [5.74, 6) is -1.65. The number of rotatable bonds is 1. The Hall–Kier alpha value is -3.57. The molecule has 1 unspecified atom stereocenters. The monoisotopic (exact) mass is 538 g/mol. The number of aromatic hydroxyl groups is 1. The molecule has 0 aliphatic carbocycles. The van der Waals surface area contributed by atoms with Crippen molar-refractivity contribution in [3.8, 4) is 5.75 Å². The molecule has 2 aromatic carbocycles. The second-order valence-electron chi connectivity index (χ2n) is 9.77. The topological polar surface area (TPSA) is 78.2 Å². The van der Waals surface area contributed by atoms with Crippen molar-refractivity contribution >= 4 is 23.4 Å². The minimum atomic E-state index is -0.940. The molecule has 0 spiro atoms. The van der Waals surface area contributed by atoms with Crippen LogP contribution in [0.3, 0.4) is 0 Å². The minimum Gasteiger partial charge on any atom is -0.502 e. The fourth-order valence-electron chi connectivity index (χ4n) is 6.25. The summed E-state index contributed by atoms with van der Waals surface area (Å²) in [7, 11) is 0. The number of hydrogen-bond donors (Lipinski definition) is 1. The van der Waals surface area contributed by atoms with Gasteiger partial charge in [-0.2, -0.15) is 11.8 Å². The highest BCUT2D eigenvalue weighted by Crippen LogP contribution is 2.48. The molecule has 38 heavy (non-hydrogen) atoms. The lowest BCUT2D eigenvalue weighted by Gasteiger charge is -2.51. The number of morpholine rings is 1. The molecule has 5 heterocycles. The Morgan fingerprint density at radius 2 is 1.84 bits per heavy atom. The number of pyridine rings is 1. The lowest BCUT2D eigenvalue weighted by Crippen LogP contribution is -2.65. The maximum atomic E-state index is 15.8. The molecule has 0 radical (unpaired) electrons. The Kier molecular flexibility index (Phi) is 5.41. The molecular weight excluding hydrogens is 514 g/mol. The van der Waals surface area contributed by atoms with E-state index in [1.165, 1.54) is 16.9 Å². The van der Waals surface area contributed by atoms with Gasteiger partial charge in [0.1, 0.15) is 12.2 Å². The number of para-hydroxylation sites is 1. The zero-order chi connectivity index (χ0) is 26.1.